The molecular formula is C11H23N. The molecule has 0 aromatic carbocycles. The van der Waals surface area contributed by atoms with E-state index in [4.69, 9.17) is 0 Å². The summed E-state index contributed by atoms with van der Waals surface area (Å²) in [6.07, 6.45) is 1.39. The lowest BCUT2D eigenvalue weighted by molar-refractivity contribution is -0.0218. The summed E-state index contributed by atoms with van der Waals surface area (Å²) in [4.78, 5) is 2.56. The van der Waals surface area contributed by atoms with E-state index in [0.29, 0.717) is 5.41 Å². The Morgan fingerprint density at radius 3 is 2.00 bits per heavy atom. The number of rotatable bonds is 3. The molecule has 0 aromatic rings. The lowest BCUT2D eigenvalue weighted by Gasteiger charge is -2.51. The summed E-state index contributed by atoms with van der Waals surface area (Å²) in [5.41, 5.74) is 0.623. The molecule has 0 N–H and O–H groups in total. The predicted octanol–water partition coefficient (Wildman–Crippen LogP) is 2.76. The molecule has 0 aromatic heterocycles. The van der Waals surface area contributed by atoms with Gasteiger partial charge in [-0.05, 0) is 31.6 Å². The first-order valence-electron chi connectivity index (χ1n) is 5.17. The predicted molar refractivity (Wildman–Crippen MR) is 54.3 cm³/mol. The maximum absolute atomic E-state index is 2.56. The molecule has 0 aliphatic carbocycles. The van der Waals surface area contributed by atoms with Crippen molar-refractivity contribution in [2.24, 2.45) is 11.3 Å². The molecule has 1 saturated heterocycles. The number of likely N-dealkylation sites (tertiary alicyclic amines) is 1. The highest BCUT2D eigenvalue weighted by Crippen LogP contribution is 2.36. The molecule has 1 heterocycles. The second-order valence-electron chi connectivity index (χ2n) is 5.41. The number of hydrogen-bond donors (Lipinski definition) is 0. The second-order valence-corrected chi connectivity index (χ2v) is 5.41. The molecule has 1 heteroatoms. The molecule has 1 rings (SSSR count). The standard InChI is InChI=1S/C11H23N/c1-9(2)6-11(5)7-12(8-11)10(3)4/h9-10H,6-8H2,1-5H3. The molecule has 1 nitrogen and oxygen atoms in total. The Bertz CT molecular complexity index is 143. The van der Waals surface area contributed by atoms with Gasteiger partial charge in [0.05, 0.1) is 0 Å². The Kier molecular flexibility index (Phi) is 2.82. The van der Waals surface area contributed by atoms with Gasteiger partial charge < -0.3 is 0 Å². The summed E-state index contributed by atoms with van der Waals surface area (Å²) in [6.45, 7) is 14.3. The second kappa shape index (κ2) is 3.37. The van der Waals surface area contributed by atoms with Crippen molar-refractivity contribution < 1.29 is 0 Å². The molecule has 1 aliphatic rings. The Hall–Kier alpha value is -0.0400. The molecule has 12 heavy (non-hydrogen) atoms. The Morgan fingerprint density at radius 2 is 1.67 bits per heavy atom. The van der Waals surface area contributed by atoms with E-state index in [-0.39, 0.29) is 0 Å². The van der Waals surface area contributed by atoms with Crippen molar-refractivity contribution in [2.75, 3.05) is 13.1 Å². The van der Waals surface area contributed by atoms with Crippen LogP contribution >= 0.6 is 0 Å². The fourth-order valence-electron chi connectivity index (χ4n) is 2.41. The summed E-state index contributed by atoms with van der Waals surface area (Å²) in [7, 11) is 0. The average molecular weight is 169 g/mol. The third-order valence-corrected chi connectivity index (χ3v) is 2.80. The molecule has 0 bridgehead atoms. The Morgan fingerprint density at radius 1 is 1.17 bits per heavy atom. The molecular weight excluding hydrogens is 146 g/mol. The SMILES string of the molecule is CC(C)CC1(C)CN(C(C)C)C1. The number of hydrogen-bond acceptors (Lipinski definition) is 1. The van der Waals surface area contributed by atoms with Crippen molar-refractivity contribution >= 4 is 0 Å². The molecule has 0 amide bonds. The van der Waals surface area contributed by atoms with Crippen LogP contribution in [0.15, 0.2) is 0 Å². The van der Waals surface area contributed by atoms with E-state index in [1.54, 1.807) is 0 Å². The zero-order chi connectivity index (χ0) is 9.35. The van der Waals surface area contributed by atoms with Crippen LogP contribution < -0.4 is 0 Å². The van der Waals surface area contributed by atoms with Crippen LogP contribution in [-0.4, -0.2) is 24.0 Å². The van der Waals surface area contributed by atoms with Crippen molar-refractivity contribution in [1.29, 1.82) is 0 Å². The van der Waals surface area contributed by atoms with Gasteiger partial charge in [-0.1, -0.05) is 20.8 Å². The van der Waals surface area contributed by atoms with E-state index in [1.807, 2.05) is 0 Å². The Labute approximate surface area is 77.1 Å². The minimum atomic E-state index is 0.623. The summed E-state index contributed by atoms with van der Waals surface area (Å²) in [5.74, 6) is 0.851. The van der Waals surface area contributed by atoms with Gasteiger partial charge in [-0.2, -0.15) is 0 Å². The lowest BCUT2D eigenvalue weighted by Crippen LogP contribution is -2.57. The maximum atomic E-state index is 2.56. The van der Waals surface area contributed by atoms with Gasteiger partial charge in [0.2, 0.25) is 0 Å². The molecule has 0 spiro atoms. The summed E-state index contributed by atoms with van der Waals surface area (Å²) >= 11 is 0. The highest BCUT2D eigenvalue weighted by atomic mass is 15.2. The van der Waals surface area contributed by atoms with E-state index in [0.717, 1.165) is 12.0 Å². The minimum Gasteiger partial charge on any atom is -0.300 e. The van der Waals surface area contributed by atoms with Crippen LogP contribution in [0.25, 0.3) is 0 Å². The quantitative estimate of drug-likeness (QED) is 0.628. The summed E-state index contributed by atoms with van der Waals surface area (Å²) in [5, 5.41) is 0. The van der Waals surface area contributed by atoms with Crippen molar-refractivity contribution in [1.82, 2.24) is 4.90 Å². The van der Waals surface area contributed by atoms with Gasteiger partial charge in [-0.15, -0.1) is 0 Å². The summed E-state index contributed by atoms with van der Waals surface area (Å²) in [6, 6.07) is 0.741. The molecule has 0 unspecified atom stereocenters. The third-order valence-electron chi connectivity index (χ3n) is 2.80. The smallest absolute Gasteiger partial charge is 0.00506 e. The van der Waals surface area contributed by atoms with E-state index in [1.165, 1.54) is 19.5 Å². The van der Waals surface area contributed by atoms with Crippen molar-refractivity contribution in [2.45, 2.75) is 47.1 Å². The van der Waals surface area contributed by atoms with Gasteiger partial charge in [0.15, 0.2) is 0 Å². The fraction of sp³-hybridized carbons (Fsp3) is 1.00. The summed E-state index contributed by atoms with van der Waals surface area (Å²) < 4.78 is 0. The van der Waals surface area contributed by atoms with Gasteiger partial charge in [-0.3, -0.25) is 4.90 Å². The van der Waals surface area contributed by atoms with Gasteiger partial charge in [0.25, 0.3) is 0 Å². The Balaban J connectivity index is 2.30. The number of nitrogens with zero attached hydrogens (tertiary/aromatic N) is 1. The van der Waals surface area contributed by atoms with Crippen LogP contribution in [-0.2, 0) is 0 Å². The molecule has 1 fully saturated rings. The zero-order valence-electron chi connectivity index (χ0n) is 9.22. The van der Waals surface area contributed by atoms with Crippen molar-refractivity contribution in [3.8, 4) is 0 Å². The van der Waals surface area contributed by atoms with E-state index >= 15 is 0 Å². The molecule has 0 radical (unpaired) electrons. The maximum Gasteiger partial charge on any atom is 0.00506 e. The van der Waals surface area contributed by atoms with E-state index in [2.05, 4.69) is 39.5 Å². The molecule has 1 aliphatic heterocycles. The fourth-order valence-corrected chi connectivity index (χ4v) is 2.41. The van der Waals surface area contributed by atoms with Crippen molar-refractivity contribution in [3.63, 3.8) is 0 Å². The largest absolute Gasteiger partial charge is 0.300 e. The van der Waals surface area contributed by atoms with Gasteiger partial charge in [0.1, 0.15) is 0 Å². The molecule has 72 valence electrons. The minimum absolute atomic E-state index is 0.623. The van der Waals surface area contributed by atoms with Crippen LogP contribution in [0, 0.1) is 11.3 Å². The first-order chi connectivity index (χ1) is 5.43. The van der Waals surface area contributed by atoms with Crippen LogP contribution in [0.2, 0.25) is 0 Å². The monoisotopic (exact) mass is 169 g/mol. The van der Waals surface area contributed by atoms with Crippen LogP contribution in [0.5, 0.6) is 0 Å². The zero-order valence-corrected chi connectivity index (χ0v) is 9.22. The normalized spacial score (nSPS) is 23.2. The van der Waals surface area contributed by atoms with Crippen LogP contribution in [0.3, 0.4) is 0 Å². The first-order valence-corrected chi connectivity index (χ1v) is 5.17. The van der Waals surface area contributed by atoms with Crippen molar-refractivity contribution in [3.05, 3.63) is 0 Å². The highest BCUT2D eigenvalue weighted by molar-refractivity contribution is 4.93. The van der Waals surface area contributed by atoms with Gasteiger partial charge in [-0.25, -0.2) is 0 Å². The first kappa shape index (κ1) is 10.0. The third kappa shape index (κ3) is 2.22. The topological polar surface area (TPSA) is 3.24 Å². The van der Waals surface area contributed by atoms with Gasteiger partial charge in [0, 0.05) is 19.1 Å². The highest BCUT2D eigenvalue weighted by Gasteiger charge is 2.39. The van der Waals surface area contributed by atoms with E-state index in [9.17, 15) is 0 Å². The van der Waals surface area contributed by atoms with Crippen LogP contribution in [0.4, 0.5) is 0 Å². The van der Waals surface area contributed by atoms with Gasteiger partial charge >= 0.3 is 0 Å². The molecule has 0 saturated carbocycles. The van der Waals surface area contributed by atoms with Crippen LogP contribution in [0.1, 0.15) is 41.0 Å². The average Bonchev–Trinajstić information content (AvgIpc) is 1.80. The van der Waals surface area contributed by atoms with E-state index < -0.39 is 0 Å². The lowest BCUT2D eigenvalue weighted by atomic mass is 9.75. The molecule has 0 atom stereocenters.